The van der Waals surface area contributed by atoms with Crippen molar-refractivity contribution in [2.45, 2.75) is 39.5 Å². The first-order chi connectivity index (χ1) is 8.59. The van der Waals surface area contributed by atoms with Gasteiger partial charge in [-0.05, 0) is 30.4 Å². The molecular formula is C15H20N2O. The van der Waals surface area contributed by atoms with E-state index in [2.05, 4.69) is 50.2 Å². The van der Waals surface area contributed by atoms with Gasteiger partial charge in [0.2, 0.25) is 0 Å². The van der Waals surface area contributed by atoms with Crippen LogP contribution < -0.4 is 5.73 Å². The third-order valence-corrected chi connectivity index (χ3v) is 3.29. The lowest BCUT2D eigenvalue weighted by Crippen LogP contribution is -1.99. The quantitative estimate of drug-likeness (QED) is 0.895. The van der Waals surface area contributed by atoms with Crippen LogP contribution in [-0.2, 0) is 12.8 Å². The van der Waals surface area contributed by atoms with E-state index in [1.165, 1.54) is 11.1 Å². The average molecular weight is 244 g/mol. The van der Waals surface area contributed by atoms with Gasteiger partial charge in [0, 0.05) is 12.0 Å². The standard InChI is InChI=1S/C15H20N2O/c1-10(2)14-13(18-17-15(14)16)9-8-12-7-5-4-6-11(12)3/h4-7,10H,8-9H2,1-3H3,(H2,16,17). The monoisotopic (exact) mass is 244 g/mol. The van der Waals surface area contributed by atoms with E-state index in [1.54, 1.807) is 0 Å². The van der Waals surface area contributed by atoms with E-state index in [1.807, 2.05) is 0 Å². The summed E-state index contributed by atoms with van der Waals surface area (Å²) in [5.74, 6) is 1.80. The van der Waals surface area contributed by atoms with Crippen LogP contribution in [0, 0.1) is 6.92 Å². The molecule has 0 fully saturated rings. The zero-order valence-electron chi connectivity index (χ0n) is 11.2. The van der Waals surface area contributed by atoms with E-state index in [-0.39, 0.29) is 0 Å². The summed E-state index contributed by atoms with van der Waals surface area (Å²) in [7, 11) is 0. The van der Waals surface area contributed by atoms with Crippen LogP contribution in [0.2, 0.25) is 0 Å². The summed E-state index contributed by atoms with van der Waals surface area (Å²) in [5, 5.41) is 3.88. The maximum absolute atomic E-state index is 5.84. The van der Waals surface area contributed by atoms with Gasteiger partial charge in [-0.25, -0.2) is 0 Å². The van der Waals surface area contributed by atoms with E-state index >= 15 is 0 Å². The minimum Gasteiger partial charge on any atom is -0.381 e. The fraction of sp³-hybridized carbons (Fsp3) is 0.400. The molecule has 2 N–H and O–H groups in total. The first kappa shape index (κ1) is 12.7. The summed E-state index contributed by atoms with van der Waals surface area (Å²) in [4.78, 5) is 0. The lowest BCUT2D eigenvalue weighted by molar-refractivity contribution is 0.383. The van der Waals surface area contributed by atoms with Gasteiger partial charge in [-0.3, -0.25) is 0 Å². The Morgan fingerprint density at radius 1 is 1.22 bits per heavy atom. The molecule has 0 spiro atoms. The van der Waals surface area contributed by atoms with Crippen LogP contribution >= 0.6 is 0 Å². The molecule has 1 heterocycles. The Bertz CT molecular complexity index is 529. The maximum atomic E-state index is 5.84. The summed E-state index contributed by atoms with van der Waals surface area (Å²) in [6, 6.07) is 8.42. The summed E-state index contributed by atoms with van der Waals surface area (Å²) in [5.41, 5.74) is 9.56. The van der Waals surface area contributed by atoms with Gasteiger partial charge in [-0.1, -0.05) is 43.3 Å². The predicted molar refractivity (Wildman–Crippen MR) is 73.6 cm³/mol. The van der Waals surface area contributed by atoms with Crippen molar-refractivity contribution in [3.05, 3.63) is 46.7 Å². The second-order valence-electron chi connectivity index (χ2n) is 4.99. The molecule has 2 aromatic rings. The van der Waals surface area contributed by atoms with Gasteiger partial charge < -0.3 is 10.3 Å². The number of nitrogens with zero attached hydrogens (tertiary/aromatic N) is 1. The predicted octanol–water partition coefficient (Wildman–Crippen LogP) is 3.47. The first-order valence-electron chi connectivity index (χ1n) is 6.38. The van der Waals surface area contributed by atoms with Crippen molar-refractivity contribution in [1.82, 2.24) is 5.16 Å². The second-order valence-corrected chi connectivity index (χ2v) is 4.99. The van der Waals surface area contributed by atoms with E-state index in [0.29, 0.717) is 11.7 Å². The Morgan fingerprint density at radius 3 is 2.61 bits per heavy atom. The third kappa shape index (κ3) is 2.55. The molecule has 2 rings (SSSR count). The second kappa shape index (κ2) is 5.25. The van der Waals surface area contributed by atoms with E-state index in [4.69, 9.17) is 10.3 Å². The molecule has 0 amide bonds. The minimum absolute atomic E-state index is 0.350. The Hall–Kier alpha value is -1.77. The van der Waals surface area contributed by atoms with Crippen molar-refractivity contribution in [3.63, 3.8) is 0 Å². The fourth-order valence-corrected chi connectivity index (χ4v) is 2.28. The number of anilines is 1. The molecule has 0 aliphatic heterocycles. The van der Waals surface area contributed by atoms with Gasteiger partial charge in [0.1, 0.15) is 5.76 Å². The molecule has 1 aromatic heterocycles. The Morgan fingerprint density at radius 2 is 1.94 bits per heavy atom. The minimum atomic E-state index is 0.350. The fourth-order valence-electron chi connectivity index (χ4n) is 2.28. The molecule has 0 atom stereocenters. The normalized spacial score (nSPS) is 11.1. The molecule has 0 aliphatic rings. The number of benzene rings is 1. The molecule has 3 heteroatoms. The highest BCUT2D eigenvalue weighted by molar-refractivity contribution is 5.43. The maximum Gasteiger partial charge on any atom is 0.170 e. The summed E-state index contributed by atoms with van der Waals surface area (Å²) in [6.45, 7) is 6.35. The molecule has 1 aromatic carbocycles. The van der Waals surface area contributed by atoms with E-state index in [0.717, 1.165) is 24.2 Å². The summed E-state index contributed by atoms with van der Waals surface area (Å²) in [6.07, 6.45) is 1.81. The van der Waals surface area contributed by atoms with Crippen molar-refractivity contribution in [1.29, 1.82) is 0 Å². The van der Waals surface area contributed by atoms with Crippen LogP contribution in [0.5, 0.6) is 0 Å². The number of nitrogens with two attached hydrogens (primary N) is 1. The van der Waals surface area contributed by atoms with Crippen molar-refractivity contribution < 1.29 is 4.52 Å². The van der Waals surface area contributed by atoms with E-state index < -0.39 is 0 Å². The highest BCUT2D eigenvalue weighted by Crippen LogP contribution is 2.26. The molecule has 3 nitrogen and oxygen atoms in total. The Labute approximate surface area is 108 Å². The number of nitrogen functional groups attached to an aromatic ring is 1. The van der Waals surface area contributed by atoms with Crippen LogP contribution in [0.1, 0.15) is 42.2 Å². The first-order valence-corrected chi connectivity index (χ1v) is 6.38. The SMILES string of the molecule is Cc1ccccc1CCc1onc(N)c1C(C)C. The summed E-state index contributed by atoms with van der Waals surface area (Å²) < 4.78 is 5.34. The van der Waals surface area contributed by atoms with Crippen LogP contribution in [0.4, 0.5) is 5.82 Å². The number of aryl methyl sites for hydroxylation is 3. The van der Waals surface area contributed by atoms with Crippen LogP contribution in [0.15, 0.2) is 28.8 Å². The molecule has 18 heavy (non-hydrogen) atoms. The number of hydrogen-bond acceptors (Lipinski definition) is 3. The van der Waals surface area contributed by atoms with Gasteiger partial charge in [0.15, 0.2) is 5.82 Å². The van der Waals surface area contributed by atoms with E-state index in [9.17, 15) is 0 Å². The van der Waals surface area contributed by atoms with Crippen molar-refractivity contribution in [3.8, 4) is 0 Å². The molecule has 96 valence electrons. The zero-order valence-corrected chi connectivity index (χ0v) is 11.2. The highest BCUT2D eigenvalue weighted by Gasteiger charge is 2.16. The van der Waals surface area contributed by atoms with Crippen LogP contribution in [0.25, 0.3) is 0 Å². The number of rotatable bonds is 4. The van der Waals surface area contributed by atoms with Crippen molar-refractivity contribution in [2.24, 2.45) is 0 Å². The van der Waals surface area contributed by atoms with Gasteiger partial charge in [0.05, 0.1) is 0 Å². The van der Waals surface area contributed by atoms with Gasteiger partial charge in [0.25, 0.3) is 0 Å². The van der Waals surface area contributed by atoms with Crippen molar-refractivity contribution >= 4 is 5.82 Å². The van der Waals surface area contributed by atoms with Gasteiger partial charge in [-0.15, -0.1) is 0 Å². The molecular weight excluding hydrogens is 224 g/mol. The van der Waals surface area contributed by atoms with Crippen LogP contribution in [-0.4, -0.2) is 5.16 Å². The Balaban J connectivity index is 2.14. The van der Waals surface area contributed by atoms with Crippen molar-refractivity contribution in [2.75, 3.05) is 5.73 Å². The third-order valence-electron chi connectivity index (χ3n) is 3.29. The number of aromatic nitrogens is 1. The molecule has 0 radical (unpaired) electrons. The molecule has 0 saturated heterocycles. The smallest absolute Gasteiger partial charge is 0.170 e. The van der Waals surface area contributed by atoms with Gasteiger partial charge in [-0.2, -0.15) is 0 Å². The zero-order chi connectivity index (χ0) is 13.1. The van der Waals surface area contributed by atoms with Gasteiger partial charge >= 0.3 is 0 Å². The highest BCUT2D eigenvalue weighted by atomic mass is 16.5. The molecule has 0 bridgehead atoms. The molecule has 0 saturated carbocycles. The molecule has 0 aliphatic carbocycles. The largest absolute Gasteiger partial charge is 0.381 e. The Kier molecular flexibility index (Phi) is 3.70. The lowest BCUT2D eigenvalue weighted by Gasteiger charge is -2.07. The average Bonchev–Trinajstić information content (AvgIpc) is 2.69. The van der Waals surface area contributed by atoms with Crippen LogP contribution in [0.3, 0.4) is 0 Å². The summed E-state index contributed by atoms with van der Waals surface area (Å²) >= 11 is 0. The topological polar surface area (TPSA) is 52.0 Å². The lowest BCUT2D eigenvalue weighted by atomic mass is 9.98. The molecule has 0 unspecified atom stereocenters. The number of hydrogen-bond donors (Lipinski definition) is 1.